The van der Waals surface area contributed by atoms with Gasteiger partial charge in [-0.1, -0.05) is 18.2 Å². The molecule has 0 saturated heterocycles. The molecule has 1 heterocycles. The molecule has 6 heteroatoms. The van der Waals surface area contributed by atoms with E-state index in [9.17, 15) is 0 Å². The number of nitrogen functional groups attached to an aromatic ring is 1. The van der Waals surface area contributed by atoms with Gasteiger partial charge >= 0.3 is 0 Å². The third kappa shape index (κ3) is 2.51. The Morgan fingerprint density at radius 3 is 2.56 bits per heavy atom. The summed E-state index contributed by atoms with van der Waals surface area (Å²) in [6.45, 7) is 4.76. The molecule has 1 aromatic carbocycles. The van der Waals surface area contributed by atoms with E-state index in [1.165, 1.54) is 0 Å². The van der Waals surface area contributed by atoms with E-state index >= 15 is 0 Å². The van der Waals surface area contributed by atoms with E-state index in [-0.39, 0.29) is 11.2 Å². The van der Waals surface area contributed by atoms with E-state index in [0.29, 0.717) is 12.5 Å². The third-order valence-corrected chi connectivity index (χ3v) is 2.75. The van der Waals surface area contributed by atoms with E-state index in [0.717, 1.165) is 11.3 Å². The van der Waals surface area contributed by atoms with Crippen LogP contribution in [0.25, 0.3) is 0 Å². The van der Waals surface area contributed by atoms with Crippen LogP contribution in [0.3, 0.4) is 0 Å². The number of hydrogen-bond acceptors (Lipinski definition) is 5. The molecule has 0 aliphatic rings. The van der Waals surface area contributed by atoms with Crippen LogP contribution in [0.2, 0.25) is 5.28 Å². The van der Waals surface area contributed by atoms with Gasteiger partial charge in [-0.2, -0.15) is 15.0 Å². The Bertz CT molecular complexity index is 538. The number of nitrogens with zero attached hydrogens (tertiary/aromatic N) is 4. The highest BCUT2D eigenvalue weighted by atomic mass is 35.5. The minimum absolute atomic E-state index is 0.101. The van der Waals surface area contributed by atoms with Crippen LogP contribution >= 0.6 is 11.6 Å². The molecule has 0 amide bonds. The van der Waals surface area contributed by atoms with Gasteiger partial charge in [0.15, 0.2) is 0 Å². The van der Waals surface area contributed by atoms with Crippen molar-refractivity contribution in [3.8, 4) is 0 Å². The summed E-state index contributed by atoms with van der Waals surface area (Å²) < 4.78 is 0. The maximum absolute atomic E-state index is 5.81. The summed E-state index contributed by atoms with van der Waals surface area (Å²) in [5.74, 6) is 0.585. The smallest absolute Gasteiger partial charge is 0.236 e. The predicted molar refractivity (Wildman–Crippen MR) is 73.1 cm³/mol. The van der Waals surface area contributed by atoms with Gasteiger partial charge in [-0.15, -0.1) is 0 Å². The highest BCUT2D eigenvalue weighted by Gasteiger charge is 2.14. The topological polar surface area (TPSA) is 67.9 Å². The van der Waals surface area contributed by atoms with Crippen molar-refractivity contribution in [1.82, 2.24) is 15.0 Å². The molecule has 5 nitrogen and oxygen atoms in total. The Kier molecular flexibility index (Phi) is 3.62. The molecular weight excluding hydrogens is 250 g/mol. The summed E-state index contributed by atoms with van der Waals surface area (Å²) >= 11 is 5.81. The maximum atomic E-state index is 5.81. The van der Waals surface area contributed by atoms with Gasteiger partial charge in [-0.05, 0) is 37.1 Å². The number of nitrogens with two attached hydrogens (primary N) is 1. The van der Waals surface area contributed by atoms with E-state index in [1.807, 2.05) is 43.0 Å². The molecule has 0 fully saturated rings. The van der Waals surface area contributed by atoms with Gasteiger partial charge in [0.05, 0.1) is 0 Å². The first-order valence-electron chi connectivity index (χ1n) is 5.62. The van der Waals surface area contributed by atoms with Gasteiger partial charge < -0.3 is 10.6 Å². The lowest BCUT2D eigenvalue weighted by molar-refractivity contribution is 0.923. The van der Waals surface area contributed by atoms with Crippen LogP contribution in [0.5, 0.6) is 0 Å². The molecule has 0 saturated carbocycles. The van der Waals surface area contributed by atoms with Gasteiger partial charge in [0.2, 0.25) is 17.2 Å². The van der Waals surface area contributed by atoms with Gasteiger partial charge in [-0.3, -0.25) is 0 Å². The first-order valence-corrected chi connectivity index (χ1v) is 6.00. The lowest BCUT2D eigenvalue weighted by Crippen LogP contribution is -2.20. The highest BCUT2D eigenvalue weighted by molar-refractivity contribution is 6.28. The fraction of sp³-hybridized carbons (Fsp3) is 0.250. The second-order valence-corrected chi connectivity index (χ2v) is 4.13. The van der Waals surface area contributed by atoms with E-state index < -0.39 is 0 Å². The maximum Gasteiger partial charge on any atom is 0.236 e. The molecule has 0 unspecified atom stereocenters. The van der Waals surface area contributed by atoms with Gasteiger partial charge in [0, 0.05) is 12.2 Å². The first kappa shape index (κ1) is 12.6. The van der Waals surface area contributed by atoms with Crippen molar-refractivity contribution in [3.05, 3.63) is 35.1 Å². The number of para-hydroxylation sites is 1. The molecule has 0 radical (unpaired) electrons. The van der Waals surface area contributed by atoms with E-state index in [1.54, 1.807) is 0 Å². The number of hydrogen-bond donors (Lipinski definition) is 1. The fourth-order valence-electron chi connectivity index (χ4n) is 1.76. The molecule has 0 atom stereocenters. The van der Waals surface area contributed by atoms with Crippen molar-refractivity contribution in [1.29, 1.82) is 0 Å². The van der Waals surface area contributed by atoms with Crippen molar-refractivity contribution in [2.45, 2.75) is 13.8 Å². The SMILES string of the molecule is CCN(c1nc(N)nc(Cl)n1)c1ccccc1C. The van der Waals surface area contributed by atoms with E-state index in [4.69, 9.17) is 17.3 Å². The summed E-state index contributed by atoms with van der Waals surface area (Å²) in [5.41, 5.74) is 7.76. The first-order chi connectivity index (χ1) is 8.61. The average Bonchev–Trinajstić information content (AvgIpc) is 2.31. The normalized spacial score (nSPS) is 10.4. The van der Waals surface area contributed by atoms with E-state index in [2.05, 4.69) is 15.0 Å². The Balaban J connectivity index is 2.48. The van der Waals surface area contributed by atoms with Crippen LogP contribution in [0.1, 0.15) is 12.5 Å². The van der Waals surface area contributed by atoms with Crippen LogP contribution in [0.15, 0.2) is 24.3 Å². The van der Waals surface area contributed by atoms with Gasteiger partial charge in [0.1, 0.15) is 0 Å². The molecule has 18 heavy (non-hydrogen) atoms. The number of rotatable bonds is 3. The second kappa shape index (κ2) is 5.18. The van der Waals surface area contributed by atoms with Crippen LogP contribution in [-0.4, -0.2) is 21.5 Å². The summed E-state index contributed by atoms with van der Waals surface area (Å²) in [6.07, 6.45) is 0. The Hall–Kier alpha value is -1.88. The summed E-state index contributed by atoms with van der Waals surface area (Å²) in [7, 11) is 0. The zero-order valence-electron chi connectivity index (χ0n) is 10.3. The zero-order valence-corrected chi connectivity index (χ0v) is 11.0. The molecule has 1 aromatic heterocycles. The summed E-state index contributed by atoms with van der Waals surface area (Å²) in [6, 6.07) is 8.00. The Morgan fingerprint density at radius 2 is 1.94 bits per heavy atom. The summed E-state index contributed by atoms with van der Waals surface area (Å²) in [4.78, 5) is 13.9. The molecule has 0 bridgehead atoms. The van der Waals surface area contributed by atoms with Crippen molar-refractivity contribution in [2.75, 3.05) is 17.2 Å². The molecule has 94 valence electrons. The quantitative estimate of drug-likeness (QED) is 0.922. The van der Waals surface area contributed by atoms with Crippen molar-refractivity contribution in [3.63, 3.8) is 0 Å². The number of aryl methyl sites for hydroxylation is 1. The van der Waals surface area contributed by atoms with Crippen LogP contribution in [0, 0.1) is 6.92 Å². The molecule has 2 rings (SSSR count). The molecule has 0 aliphatic heterocycles. The largest absolute Gasteiger partial charge is 0.368 e. The number of aromatic nitrogens is 3. The number of halogens is 1. The lowest BCUT2D eigenvalue weighted by Gasteiger charge is -2.22. The predicted octanol–water partition coefficient (Wildman–Crippen LogP) is 2.57. The summed E-state index contributed by atoms with van der Waals surface area (Å²) in [5, 5.41) is 0.101. The molecule has 2 aromatic rings. The highest BCUT2D eigenvalue weighted by Crippen LogP contribution is 2.25. The number of anilines is 3. The molecule has 0 spiro atoms. The lowest BCUT2D eigenvalue weighted by atomic mass is 10.2. The van der Waals surface area contributed by atoms with Gasteiger partial charge in [0.25, 0.3) is 0 Å². The molecule has 0 aliphatic carbocycles. The van der Waals surface area contributed by atoms with Crippen molar-refractivity contribution >= 4 is 29.2 Å². The van der Waals surface area contributed by atoms with Crippen LogP contribution < -0.4 is 10.6 Å². The van der Waals surface area contributed by atoms with Crippen molar-refractivity contribution in [2.24, 2.45) is 0 Å². The Labute approximate surface area is 111 Å². The second-order valence-electron chi connectivity index (χ2n) is 3.79. The zero-order chi connectivity index (χ0) is 13.1. The fourth-order valence-corrected chi connectivity index (χ4v) is 1.92. The minimum atomic E-state index is 0.101. The average molecular weight is 264 g/mol. The third-order valence-electron chi connectivity index (χ3n) is 2.58. The van der Waals surface area contributed by atoms with Gasteiger partial charge in [-0.25, -0.2) is 0 Å². The van der Waals surface area contributed by atoms with Crippen molar-refractivity contribution < 1.29 is 0 Å². The molecule has 2 N–H and O–H groups in total. The monoisotopic (exact) mass is 263 g/mol. The van der Waals surface area contributed by atoms with Crippen LogP contribution in [0.4, 0.5) is 17.6 Å². The Morgan fingerprint density at radius 1 is 1.22 bits per heavy atom. The standard InChI is InChI=1S/C12H14ClN5/c1-3-18(9-7-5-4-6-8(9)2)12-16-10(13)15-11(14)17-12/h4-7H,3H2,1-2H3,(H2,14,15,16,17). The molecular formula is C12H14ClN5. The van der Waals surface area contributed by atoms with Crippen LogP contribution in [-0.2, 0) is 0 Å². The minimum Gasteiger partial charge on any atom is -0.368 e. The number of benzene rings is 1.